The van der Waals surface area contributed by atoms with Crippen LogP contribution in [0.2, 0.25) is 0 Å². The van der Waals surface area contributed by atoms with Crippen LogP contribution < -0.4 is 4.74 Å². The molecule has 2 fully saturated rings. The number of aliphatic hydroxyl groups is 1. The van der Waals surface area contributed by atoms with Crippen molar-refractivity contribution < 1.29 is 24.2 Å². The van der Waals surface area contributed by atoms with Gasteiger partial charge in [0.2, 0.25) is 5.91 Å². The molecule has 2 aliphatic rings. The number of likely N-dealkylation sites (tertiary alicyclic amines) is 2. The Balaban J connectivity index is 1.71. The van der Waals surface area contributed by atoms with Crippen molar-refractivity contribution in [2.75, 3.05) is 26.7 Å². The van der Waals surface area contributed by atoms with Gasteiger partial charge in [-0.25, -0.2) is 0 Å². The lowest BCUT2D eigenvalue weighted by Gasteiger charge is -2.33. The van der Waals surface area contributed by atoms with Gasteiger partial charge in [0.1, 0.15) is 11.5 Å². The minimum atomic E-state index is -1.99. The number of ketones is 1. The van der Waals surface area contributed by atoms with Crippen LogP contribution in [0, 0.1) is 5.92 Å². The smallest absolute Gasteiger partial charge is 0.260 e. The highest BCUT2D eigenvalue weighted by atomic mass is 16.5. The maximum absolute atomic E-state index is 13.7. The van der Waals surface area contributed by atoms with E-state index in [1.807, 2.05) is 37.3 Å². The molecule has 0 spiro atoms. The van der Waals surface area contributed by atoms with E-state index in [-0.39, 0.29) is 24.3 Å². The molecule has 2 amide bonds. The van der Waals surface area contributed by atoms with Gasteiger partial charge in [-0.05, 0) is 30.2 Å². The first kappa shape index (κ1) is 22.0. The zero-order chi connectivity index (χ0) is 22.9. The van der Waals surface area contributed by atoms with Crippen molar-refractivity contribution in [2.45, 2.75) is 31.4 Å². The summed E-state index contributed by atoms with van der Waals surface area (Å²) in [6.45, 7) is 2.62. The lowest BCUT2D eigenvalue weighted by atomic mass is 9.82. The molecule has 7 nitrogen and oxygen atoms in total. The van der Waals surface area contributed by atoms with Gasteiger partial charge in [0.15, 0.2) is 5.60 Å². The normalized spacial score (nSPS) is 24.5. The number of benzene rings is 2. The second-order valence-electron chi connectivity index (χ2n) is 8.46. The standard InChI is InChI=1S/C25H28N2O5/c1-17(18-6-4-3-5-7-18)27-16-22(23(29)26-14-12-20(28)13-15-26)25(31,24(27)30)19-8-10-21(32-2)11-9-19/h3-11,17,22,31H,12-16H2,1-2H3/t17-,22-,25+/m1/s1. The van der Waals surface area contributed by atoms with E-state index in [2.05, 4.69) is 0 Å². The topological polar surface area (TPSA) is 87.2 Å². The number of nitrogens with zero attached hydrogens (tertiary/aromatic N) is 2. The van der Waals surface area contributed by atoms with Gasteiger partial charge < -0.3 is 19.6 Å². The molecule has 0 aromatic heterocycles. The first-order valence-electron chi connectivity index (χ1n) is 10.9. The van der Waals surface area contributed by atoms with Crippen LogP contribution in [0.5, 0.6) is 5.75 Å². The van der Waals surface area contributed by atoms with E-state index >= 15 is 0 Å². The summed E-state index contributed by atoms with van der Waals surface area (Å²) >= 11 is 0. The lowest BCUT2D eigenvalue weighted by molar-refractivity contribution is -0.155. The largest absolute Gasteiger partial charge is 0.497 e. The SMILES string of the molecule is COc1ccc([C@@]2(O)C(=O)N([C@H](C)c3ccccc3)C[C@@H]2C(=O)N2CCC(=O)CC2)cc1. The van der Waals surface area contributed by atoms with Crippen molar-refractivity contribution in [3.05, 3.63) is 65.7 Å². The third-order valence-corrected chi connectivity index (χ3v) is 6.68. The minimum absolute atomic E-state index is 0.0979. The zero-order valence-corrected chi connectivity index (χ0v) is 18.4. The molecule has 2 aromatic rings. The molecule has 2 heterocycles. The number of piperidine rings is 1. The molecule has 2 saturated heterocycles. The summed E-state index contributed by atoms with van der Waals surface area (Å²) in [7, 11) is 1.54. The molecule has 2 aromatic carbocycles. The Labute approximate surface area is 187 Å². The third-order valence-electron chi connectivity index (χ3n) is 6.68. The van der Waals surface area contributed by atoms with Gasteiger partial charge in [0.25, 0.3) is 5.91 Å². The summed E-state index contributed by atoms with van der Waals surface area (Å²) in [6, 6.07) is 15.8. The van der Waals surface area contributed by atoms with E-state index in [1.54, 1.807) is 34.1 Å². The van der Waals surface area contributed by atoms with Crippen LogP contribution in [0.25, 0.3) is 0 Å². The van der Waals surface area contributed by atoms with Gasteiger partial charge in [0, 0.05) is 32.5 Å². The fourth-order valence-electron chi connectivity index (χ4n) is 4.65. The Kier molecular flexibility index (Phi) is 6.02. The highest BCUT2D eigenvalue weighted by Crippen LogP contribution is 2.43. The van der Waals surface area contributed by atoms with Gasteiger partial charge in [-0.1, -0.05) is 42.5 Å². The van der Waals surface area contributed by atoms with E-state index in [0.717, 1.165) is 5.56 Å². The lowest BCUT2D eigenvalue weighted by Crippen LogP contribution is -2.49. The van der Waals surface area contributed by atoms with Crippen LogP contribution in [-0.2, 0) is 20.0 Å². The number of rotatable bonds is 5. The van der Waals surface area contributed by atoms with Crippen LogP contribution in [0.4, 0.5) is 0 Å². The second-order valence-corrected chi connectivity index (χ2v) is 8.46. The fraction of sp³-hybridized carbons (Fsp3) is 0.400. The van der Waals surface area contributed by atoms with Crippen LogP contribution in [0.1, 0.15) is 36.9 Å². The molecule has 32 heavy (non-hydrogen) atoms. The molecule has 4 rings (SSSR count). The molecule has 1 N–H and O–H groups in total. The highest BCUT2D eigenvalue weighted by Gasteiger charge is 2.59. The first-order valence-corrected chi connectivity index (χ1v) is 10.9. The van der Waals surface area contributed by atoms with Crippen LogP contribution in [-0.4, -0.2) is 59.2 Å². The Morgan fingerprint density at radius 3 is 2.28 bits per heavy atom. The molecular formula is C25H28N2O5. The Bertz CT molecular complexity index is 997. The van der Waals surface area contributed by atoms with E-state index in [4.69, 9.17) is 4.74 Å². The van der Waals surface area contributed by atoms with Crippen molar-refractivity contribution in [1.29, 1.82) is 0 Å². The fourth-order valence-corrected chi connectivity index (χ4v) is 4.65. The third kappa shape index (κ3) is 3.77. The van der Waals surface area contributed by atoms with E-state index in [0.29, 0.717) is 37.2 Å². The minimum Gasteiger partial charge on any atom is -0.497 e. The van der Waals surface area contributed by atoms with Crippen LogP contribution in [0.15, 0.2) is 54.6 Å². The van der Waals surface area contributed by atoms with Crippen molar-refractivity contribution in [1.82, 2.24) is 9.80 Å². The molecule has 0 aliphatic carbocycles. The number of hydrogen-bond donors (Lipinski definition) is 1. The Hall–Kier alpha value is -3.19. The molecule has 0 saturated carbocycles. The number of carbonyl (C=O) groups excluding carboxylic acids is 3. The first-order chi connectivity index (χ1) is 15.4. The monoisotopic (exact) mass is 436 g/mol. The summed E-state index contributed by atoms with van der Waals surface area (Å²) in [6.07, 6.45) is 0.606. The maximum atomic E-state index is 13.7. The van der Waals surface area contributed by atoms with Crippen molar-refractivity contribution in [3.8, 4) is 5.75 Å². The molecular weight excluding hydrogens is 408 g/mol. The van der Waals surface area contributed by atoms with Crippen molar-refractivity contribution >= 4 is 17.6 Å². The molecule has 3 atom stereocenters. The average molecular weight is 437 g/mol. The van der Waals surface area contributed by atoms with Crippen LogP contribution in [0.3, 0.4) is 0 Å². The maximum Gasteiger partial charge on any atom is 0.260 e. The summed E-state index contributed by atoms with van der Waals surface area (Å²) in [5, 5.41) is 11.8. The summed E-state index contributed by atoms with van der Waals surface area (Å²) in [5.41, 5.74) is -0.708. The van der Waals surface area contributed by atoms with Gasteiger partial charge in [-0.2, -0.15) is 0 Å². The molecule has 2 aliphatic heterocycles. The number of Topliss-reactive ketones (excluding diaryl/α,β-unsaturated/α-hetero) is 1. The van der Waals surface area contributed by atoms with E-state index in [1.165, 1.54) is 7.11 Å². The van der Waals surface area contributed by atoms with Crippen molar-refractivity contribution in [2.24, 2.45) is 5.92 Å². The molecule has 168 valence electrons. The summed E-state index contributed by atoms with van der Waals surface area (Å²) in [5.74, 6) is -1.05. The van der Waals surface area contributed by atoms with Gasteiger partial charge >= 0.3 is 0 Å². The predicted octanol–water partition coefficient (Wildman–Crippen LogP) is 2.29. The molecule has 0 bridgehead atoms. The number of carbonyl (C=O) groups is 3. The van der Waals surface area contributed by atoms with Gasteiger partial charge in [-0.15, -0.1) is 0 Å². The van der Waals surface area contributed by atoms with E-state index in [9.17, 15) is 19.5 Å². The van der Waals surface area contributed by atoms with Crippen LogP contribution >= 0.6 is 0 Å². The van der Waals surface area contributed by atoms with Gasteiger partial charge in [0.05, 0.1) is 19.1 Å². The molecule has 0 radical (unpaired) electrons. The van der Waals surface area contributed by atoms with Crippen molar-refractivity contribution in [3.63, 3.8) is 0 Å². The molecule has 0 unspecified atom stereocenters. The number of methoxy groups -OCH3 is 1. The second kappa shape index (κ2) is 8.74. The van der Waals surface area contributed by atoms with Gasteiger partial charge in [-0.3, -0.25) is 14.4 Å². The highest BCUT2D eigenvalue weighted by molar-refractivity contribution is 5.97. The zero-order valence-electron chi connectivity index (χ0n) is 18.4. The Morgan fingerprint density at radius 2 is 1.69 bits per heavy atom. The summed E-state index contributed by atoms with van der Waals surface area (Å²) in [4.78, 5) is 42.0. The summed E-state index contributed by atoms with van der Waals surface area (Å²) < 4.78 is 5.20. The van der Waals surface area contributed by atoms with E-state index < -0.39 is 17.4 Å². The average Bonchev–Trinajstić information content (AvgIpc) is 3.11. The quantitative estimate of drug-likeness (QED) is 0.777. The molecule has 7 heteroatoms. The number of ether oxygens (including phenoxy) is 1. The number of hydrogen-bond acceptors (Lipinski definition) is 5. The predicted molar refractivity (Wildman–Crippen MR) is 118 cm³/mol. The Morgan fingerprint density at radius 1 is 1.06 bits per heavy atom. The number of amides is 2.